The van der Waals surface area contributed by atoms with Gasteiger partial charge in [0.05, 0.1) is 0 Å². The molecule has 2 heterocycles. The maximum atomic E-state index is 12.7. The average Bonchev–Trinajstić information content (AvgIpc) is 2.79. The number of nitrogens with zero attached hydrogens (tertiary/aromatic N) is 1. The first-order valence-electron chi connectivity index (χ1n) is 8.82. The van der Waals surface area contributed by atoms with E-state index in [2.05, 4.69) is 12.6 Å². The van der Waals surface area contributed by atoms with E-state index in [-0.39, 0.29) is 17.8 Å². The molecule has 0 aliphatic carbocycles. The molecule has 0 aromatic rings. The molecule has 10 nitrogen and oxygen atoms in total. The number of thiol groups is 1. The van der Waals surface area contributed by atoms with E-state index in [9.17, 15) is 24.0 Å². The van der Waals surface area contributed by atoms with Crippen molar-refractivity contribution < 1.29 is 42.9 Å². The lowest BCUT2D eigenvalue weighted by molar-refractivity contribution is -0.220. The summed E-state index contributed by atoms with van der Waals surface area (Å²) in [6.07, 6.45) is -3.56. The second-order valence-corrected chi connectivity index (χ2v) is 7.25. The van der Waals surface area contributed by atoms with Gasteiger partial charge >= 0.3 is 17.9 Å². The lowest BCUT2D eigenvalue weighted by Crippen LogP contribution is -2.66. The number of carbonyl (C=O) groups excluding carboxylic acids is 5. The smallest absolute Gasteiger partial charge is 0.303 e. The Morgan fingerprint density at radius 2 is 1.41 bits per heavy atom. The summed E-state index contributed by atoms with van der Waals surface area (Å²) in [5.41, 5.74) is -0.621. The summed E-state index contributed by atoms with van der Waals surface area (Å²) in [4.78, 5) is 60.9. The maximum absolute atomic E-state index is 12.7. The van der Waals surface area contributed by atoms with Crippen LogP contribution in [0.2, 0.25) is 0 Å². The van der Waals surface area contributed by atoms with Gasteiger partial charge in [-0.3, -0.25) is 28.9 Å². The van der Waals surface area contributed by atoms with Crippen molar-refractivity contribution in [3.05, 3.63) is 11.1 Å². The Morgan fingerprint density at radius 3 is 1.86 bits per heavy atom. The van der Waals surface area contributed by atoms with Crippen LogP contribution in [-0.4, -0.2) is 71.0 Å². The SMILES string of the molecule is CC(=O)OC[C@H]1O[C@@H](S)[C@H](N2C(=O)C(C)=C(C)C2=O)[C@@H](OC(C)=O)[C@@H]1OC(C)=O. The number of carbonyl (C=O) groups is 5. The van der Waals surface area contributed by atoms with Gasteiger partial charge in [-0.25, -0.2) is 0 Å². The largest absolute Gasteiger partial charge is 0.463 e. The van der Waals surface area contributed by atoms with Crippen LogP contribution in [0.15, 0.2) is 11.1 Å². The average molecular weight is 429 g/mol. The highest BCUT2D eigenvalue weighted by atomic mass is 32.1. The summed E-state index contributed by atoms with van der Waals surface area (Å²) >= 11 is 4.33. The van der Waals surface area contributed by atoms with Gasteiger partial charge in [-0.05, 0) is 13.8 Å². The van der Waals surface area contributed by atoms with Gasteiger partial charge in [0.25, 0.3) is 11.8 Å². The van der Waals surface area contributed by atoms with Crippen LogP contribution in [0, 0.1) is 0 Å². The van der Waals surface area contributed by atoms with Crippen molar-refractivity contribution in [2.24, 2.45) is 0 Å². The van der Waals surface area contributed by atoms with Gasteiger partial charge in [-0.1, -0.05) is 0 Å². The Balaban J connectivity index is 2.46. The highest BCUT2D eigenvalue weighted by Crippen LogP contribution is 2.35. The minimum Gasteiger partial charge on any atom is -0.463 e. The number of hydrogen-bond acceptors (Lipinski definition) is 10. The zero-order chi connectivity index (χ0) is 22.0. The molecule has 0 spiro atoms. The van der Waals surface area contributed by atoms with Crippen molar-refractivity contribution in [1.29, 1.82) is 0 Å². The summed E-state index contributed by atoms with van der Waals surface area (Å²) < 4.78 is 21.3. The van der Waals surface area contributed by atoms with Crippen LogP contribution in [0.3, 0.4) is 0 Å². The number of rotatable bonds is 5. The van der Waals surface area contributed by atoms with Gasteiger partial charge in [0.2, 0.25) is 0 Å². The van der Waals surface area contributed by atoms with E-state index >= 15 is 0 Å². The molecule has 1 fully saturated rings. The molecule has 0 N–H and O–H groups in total. The molecule has 2 amide bonds. The molecular weight excluding hydrogens is 406 g/mol. The standard InChI is InChI=1S/C18H23NO9S/c1-7-8(2)17(24)19(16(7)23)13-15(27-11(5)22)14(26-10(4)21)12(28-18(13)29)6-25-9(3)20/h12-15,18,29H,6H2,1-5H3/t12-,13-,14-,15-,18+/m1/s1. The lowest BCUT2D eigenvalue weighted by Gasteiger charge is -2.46. The fourth-order valence-corrected chi connectivity index (χ4v) is 3.68. The van der Waals surface area contributed by atoms with Gasteiger partial charge in [-0.15, -0.1) is 12.6 Å². The van der Waals surface area contributed by atoms with Crippen LogP contribution in [0.1, 0.15) is 34.6 Å². The van der Waals surface area contributed by atoms with E-state index in [1.165, 1.54) is 20.8 Å². The van der Waals surface area contributed by atoms with Crippen molar-refractivity contribution >= 4 is 42.4 Å². The van der Waals surface area contributed by atoms with Crippen molar-refractivity contribution in [3.8, 4) is 0 Å². The van der Waals surface area contributed by atoms with Crippen LogP contribution < -0.4 is 0 Å². The Kier molecular flexibility index (Phi) is 7.06. The number of esters is 3. The van der Waals surface area contributed by atoms with E-state index in [0.717, 1.165) is 18.7 Å². The predicted octanol–water partition coefficient (Wildman–Crippen LogP) is 0.141. The molecule has 1 saturated heterocycles. The molecule has 160 valence electrons. The van der Waals surface area contributed by atoms with Crippen LogP contribution in [-0.2, 0) is 42.9 Å². The normalized spacial score (nSPS) is 29.7. The van der Waals surface area contributed by atoms with Crippen LogP contribution in [0.25, 0.3) is 0 Å². The molecule has 0 bridgehead atoms. The molecule has 5 atom stereocenters. The second kappa shape index (κ2) is 8.95. The van der Waals surface area contributed by atoms with Gasteiger partial charge in [0, 0.05) is 31.9 Å². The van der Waals surface area contributed by atoms with Crippen molar-refractivity contribution in [2.75, 3.05) is 6.61 Å². The van der Waals surface area contributed by atoms with E-state index in [1.54, 1.807) is 0 Å². The fourth-order valence-electron chi connectivity index (χ4n) is 3.22. The fraction of sp³-hybridized carbons (Fsp3) is 0.611. The van der Waals surface area contributed by atoms with Crippen molar-refractivity contribution in [2.45, 2.75) is 64.4 Å². The third-order valence-corrected chi connectivity index (χ3v) is 5.06. The molecule has 2 aliphatic heterocycles. The Bertz CT molecular complexity index is 753. The summed E-state index contributed by atoms with van der Waals surface area (Å²) in [5, 5.41) is 0. The Labute approximate surface area is 172 Å². The molecular formula is C18H23NO9S. The van der Waals surface area contributed by atoms with Gasteiger partial charge in [0.15, 0.2) is 12.2 Å². The van der Waals surface area contributed by atoms with E-state index < -0.39 is 59.5 Å². The summed E-state index contributed by atoms with van der Waals surface area (Å²) in [5.74, 6) is -3.22. The molecule has 0 unspecified atom stereocenters. The van der Waals surface area contributed by atoms with E-state index in [1.807, 2.05) is 0 Å². The predicted molar refractivity (Wildman–Crippen MR) is 99.4 cm³/mol. The van der Waals surface area contributed by atoms with Gasteiger partial charge in [-0.2, -0.15) is 0 Å². The van der Waals surface area contributed by atoms with E-state index in [4.69, 9.17) is 18.9 Å². The first-order valence-corrected chi connectivity index (χ1v) is 9.34. The first kappa shape index (κ1) is 22.9. The van der Waals surface area contributed by atoms with E-state index in [0.29, 0.717) is 0 Å². The maximum Gasteiger partial charge on any atom is 0.303 e. The first-order chi connectivity index (χ1) is 13.5. The summed E-state index contributed by atoms with van der Waals surface area (Å²) in [6.45, 7) is 6.15. The molecule has 2 rings (SSSR count). The quantitative estimate of drug-likeness (QED) is 0.281. The van der Waals surface area contributed by atoms with Crippen LogP contribution in [0.5, 0.6) is 0 Å². The number of ether oxygens (including phenoxy) is 4. The number of hydrogen-bond donors (Lipinski definition) is 1. The van der Waals surface area contributed by atoms with Crippen LogP contribution >= 0.6 is 12.6 Å². The molecule has 29 heavy (non-hydrogen) atoms. The number of amides is 2. The highest BCUT2D eigenvalue weighted by Gasteiger charge is 2.55. The molecule has 0 aromatic heterocycles. The zero-order valence-corrected chi connectivity index (χ0v) is 17.6. The minimum atomic E-state index is -1.28. The Hall–Kier alpha value is -2.40. The summed E-state index contributed by atoms with van der Waals surface area (Å²) in [6, 6.07) is -1.17. The lowest BCUT2D eigenvalue weighted by atomic mass is 9.96. The Morgan fingerprint density at radius 1 is 0.931 bits per heavy atom. The molecule has 0 saturated carbocycles. The molecule has 0 aromatic carbocycles. The van der Waals surface area contributed by atoms with Gasteiger partial charge < -0.3 is 18.9 Å². The molecule has 11 heteroatoms. The summed E-state index contributed by atoms with van der Waals surface area (Å²) in [7, 11) is 0. The highest BCUT2D eigenvalue weighted by molar-refractivity contribution is 7.80. The van der Waals surface area contributed by atoms with Crippen molar-refractivity contribution in [3.63, 3.8) is 0 Å². The van der Waals surface area contributed by atoms with Crippen molar-refractivity contribution in [1.82, 2.24) is 4.90 Å². The zero-order valence-electron chi connectivity index (χ0n) is 16.7. The third-order valence-electron chi connectivity index (χ3n) is 4.63. The molecule has 0 radical (unpaired) electrons. The number of imide groups is 1. The second-order valence-electron chi connectivity index (χ2n) is 6.74. The third kappa shape index (κ3) is 4.78. The van der Waals surface area contributed by atoms with Gasteiger partial charge in [0.1, 0.15) is 24.2 Å². The monoisotopic (exact) mass is 429 g/mol. The minimum absolute atomic E-state index is 0.239. The van der Waals surface area contributed by atoms with Crippen LogP contribution in [0.4, 0.5) is 0 Å². The molecule has 2 aliphatic rings. The topological polar surface area (TPSA) is 126 Å².